The Morgan fingerprint density at radius 2 is 1.95 bits per heavy atom. The molecule has 0 saturated heterocycles. The van der Waals surface area contributed by atoms with Crippen LogP contribution in [0.15, 0.2) is 42.7 Å². The van der Waals surface area contributed by atoms with E-state index in [1.165, 1.54) is 11.1 Å². The lowest BCUT2D eigenvalue weighted by Crippen LogP contribution is -2.32. The number of rotatable bonds is 6. The third-order valence-corrected chi connectivity index (χ3v) is 3.78. The molecular weight excluding hydrogens is 246 g/mol. The lowest BCUT2D eigenvalue weighted by atomic mass is 9.79. The molecule has 0 bridgehead atoms. The first-order chi connectivity index (χ1) is 9.47. The van der Waals surface area contributed by atoms with E-state index >= 15 is 0 Å². The molecule has 2 aromatic rings. The quantitative estimate of drug-likeness (QED) is 0.874. The average Bonchev–Trinajstić information content (AvgIpc) is 2.83. The van der Waals surface area contributed by atoms with Gasteiger partial charge in [0.2, 0.25) is 0 Å². The number of nitrogens with one attached hydrogen (secondary N) is 1. The van der Waals surface area contributed by atoms with E-state index in [0.717, 1.165) is 13.0 Å². The third-order valence-electron chi connectivity index (χ3n) is 3.78. The summed E-state index contributed by atoms with van der Waals surface area (Å²) < 4.78 is 1.84. The van der Waals surface area contributed by atoms with Crippen LogP contribution in [0.4, 0.5) is 0 Å². The van der Waals surface area contributed by atoms with Crippen LogP contribution in [-0.2, 0) is 19.0 Å². The average molecular weight is 271 g/mol. The highest BCUT2D eigenvalue weighted by atomic mass is 15.2. The van der Waals surface area contributed by atoms with Gasteiger partial charge in [-0.15, -0.1) is 0 Å². The van der Waals surface area contributed by atoms with Crippen molar-refractivity contribution >= 4 is 0 Å². The van der Waals surface area contributed by atoms with Crippen LogP contribution in [0.2, 0.25) is 0 Å². The maximum Gasteiger partial charge on any atom is 0.0534 e. The highest BCUT2D eigenvalue weighted by molar-refractivity contribution is 5.23. The van der Waals surface area contributed by atoms with Crippen molar-refractivity contribution in [1.82, 2.24) is 15.1 Å². The van der Waals surface area contributed by atoms with Crippen LogP contribution < -0.4 is 5.32 Å². The van der Waals surface area contributed by atoms with E-state index in [1.807, 2.05) is 17.9 Å². The molecule has 0 aliphatic rings. The van der Waals surface area contributed by atoms with Crippen molar-refractivity contribution in [3.8, 4) is 0 Å². The summed E-state index contributed by atoms with van der Waals surface area (Å²) in [4.78, 5) is 0. The van der Waals surface area contributed by atoms with Gasteiger partial charge in [0.15, 0.2) is 0 Å². The predicted octanol–water partition coefficient (Wildman–Crippen LogP) is 3.27. The van der Waals surface area contributed by atoms with Crippen LogP contribution in [0.5, 0.6) is 0 Å². The van der Waals surface area contributed by atoms with E-state index in [0.29, 0.717) is 6.04 Å². The molecule has 108 valence electrons. The van der Waals surface area contributed by atoms with Gasteiger partial charge in [0.1, 0.15) is 0 Å². The van der Waals surface area contributed by atoms with Gasteiger partial charge in [-0.3, -0.25) is 4.68 Å². The van der Waals surface area contributed by atoms with E-state index in [2.05, 4.69) is 67.7 Å². The Bertz CT molecular complexity index is 528. The molecule has 0 aliphatic heterocycles. The molecule has 20 heavy (non-hydrogen) atoms. The molecule has 0 fully saturated rings. The van der Waals surface area contributed by atoms with Crippen LogP contribution in [0.3, 0.4) is 0 Å². The van der Waals surface area contributed by atoms with E-state index < -0.39 is 0 Å². The zero-order chi connectivity index (χ0) is 14.6. The Morgan fingerprint density at radius 1 is 1.25 bits per heavy atom. The normalized spacial score (nSPS) is 13.4. The third kappa shape index (κ3) is 3.94. The second-order valence-electron chi connectivity index (χ2n) is 6.26. The number of nitrogens with zero attached hydrogens (tertiary/aromatic N) is 2. The maximum absolute atomic E-state index is 4.19. The number of aryl methyl sites for hydroxylation is 1. The molecular formula is C17H25N3. The van der Waals surface area contributed by atoms with Gasteiger partial charge in [-0.05, 0) is 24.3 Å². The Morgan fingerprint density at radius 3 is 2.55 bits per heavy atom. The van der Waals surface area contributed by atoms with Crippen molar-refractivity contribution in [2.24, 2.45) is 7.05 Å². The Hall–Kier alpha value is -1.61. The molecule has 3 heteroatoms. The van der Waals surface area contributed by atoms with Crippen molar-refractivity contribution in [1.29, 1.82) is 0 Å². The summed E-state index contributed by atoms with van der Waals surface area (Å²) in [7, 11) is 1.95. The van der Waals surface area contributed by atoms with E-state index in [9.17, 15) is 0 Å². The van der Waals surface area contributed by atoms with Crippen LogP contribution in [0, 0.1) is 0 Å². The minimum absolute atomic E-state index is 0.183. The van der Waals surface area contributed by atoms with Crippen LogP contribution in [-0.4, -0.2) is 15.8 Å². The highest BCUT2D eigenvalue weighted by Crippen LogP contribution is 2.28. The topological polar surface area (TPSA) is 29.9 Å². The molecule has 0 radical (unpaired) electrons. The summed E-state index contributed by atoms with van der Waals surface area (Å²) in [6, 6.07) is 11.2. The highest BCUT2D eigenvalue weighted by Gasteiger charge is 2.22. The molecule has 3 nitrogen and oxygen atoms in total. The van der Waals surface area contributed by atoms with E-state index in [-0.39, 0.29) is 5.41 Å². The summed E-state index contributed by atoms with van der Waals surface area (Å²) in [6.45, 7) is 7.75. The van der Waals surface area contributed by atoms with Crippen molar-refractivity contribution in [2.75, 3.05) is 0 Å². The second-order valence-corrected chi connectivity index (χ2v) is 6.26. The fraction of sp³-hybridized carbons (Fsp3) is 0.471. The molecule has 1 heterocycles. The summed E-state index contributed by atoms with van der Waals surface area (Å²) >= 11 is 0. The molecule has 0 spiro atoms. The summed E-state index contributed by atoms with van der Waals surface area (Å²) in [5, 5.41) is 7.78. The zero-order valence-corrected chi connectivity index (χ0v) is 12.9. The molecule has 0 aliphatic carbocycles. The minimum Gasteiger partial charge on any atom is -0.310 e. The molecule has 1 atom stereocenters. The number of aromatic nitrogens is 2. The molecule has 1 aromatic heterocycles. The monoisotopic (exact) mass is 271 g/mol. The predicted molar refractivity (Wildman–Crippen MR) is 83.6 cm³/mol. The minimum atomic E-state index is 0.183. The Labute approximate surface area is 122 Å². The zero-order valence-electron chi connectivity index (χ0n) is 12.9. The SMILES string of the molecule is CC(CC(C)(C)c1ccccc1)NCc1cnn(C)c1. The van der Waals surface area contributed by atoms with Crippen molar-refractivity contribution in [2.45, 2.75) is 45.2 Å². The van der Waals surface area contributed by atoms with Gasteiger partial charge >= 0.3 is 0 Å². The van der Waals surface area contributed by atoms with Crippen molar-refractivity contribution in [3.63, 3.8) is 0 Å². The maximum atomic E-state index is 4.19. The first-order valence-corrected chi connectivity index (χ1v) is 7.24. The fourth-order valence-corrected chi connectivity index (χ4v) is 2.70. The van der Waals surface area contributed by atoms with E-state index in [4.69, 9.17) is 0 Å². The number of hydrogen-bond acceptors (Lipinski definition) is 2. The van der Waals surface area contributed by atoms with Gasteiger partial charge in [-0.2, -0.15) is 5.10 Å². The molecule has 1 aromatic carbocycles. The van der Waals surface area contributed by atoms with Crippen molar-refractivity contribution < 1.29 is 0 Å². The van der Waals surface area contributed by atoms with Gasteiger partial charge < -0.3 is 5.32 Å². The van der Waals surface area contributed by atoms with Gasteiger partial charge in [0.25, 0.3) is 0 Å². The van der Waals surface area contributed by atoms with Crippen LogP contribution in [0.25, 0.3) is 0 Å². The summed E-state index contributed by atoms with van der Waals surface area (Å²) in [6.07, 6.45) is 5.08. The summed E-state index contributed by atoms with van der Waals surface area (Å²) in [5.41, 5.74) is 2.81. The first-order valence-electron chi connectivity index (χ1n) is 7.24. The van der Waals surface area contributed by atoms with Gasteiger partial charge in [0.05, 0.1) is 6.20 Å². The van der Waals surface area contributed by atoms with Gasteiger partial charge in [0, 0.05) is 31.4 Å². The molecule has 0 amide bonds. The number of hydrogen-bond donors (Lipinski definition) is 1. The lowest BCUT2D eigenvalue weighted by molar-refractivity contribution is 0.388. The number of benzene rings is 1. The molecule has 0 saturated carbocycles. The largest absolute Gasteiger partial charge is 0.310 e. The standard InChI is InChI=1S/C17H25N3/c1-14(18-11-15-12-19-20(4)13-15)10-17(2,3)16-8-6-5-7-9-16/h5-9,12-14,18H,10-11H2,1-4H3. The van der Waals surface area contributed by atoms with Gasteiger partial charge in [-0.1, -0.05) is 44.2 Å². The van der Waals surface area contributed by atoms with E-state index in [1.54, 1.807) is 0 Å². The molecule has 1 unspecified atom stereocenters. The Kier molecular flexibility index (Phi) is 4.61. The van der Waals surface area contributed by atoms with Gasteiger partial charge in [-0.25, -0.2) is 0 Å². The fourth-order valence-electron chi connectivity index (χ4n) is 2.70. The lowest BCUT2D eigenvalue weighted by Gasteiger charge is -2.29. The van der Waals surface area contributed by atoms with Crippen LogP contribution >= 0.6 is 0 Å². The first kappa shape index (κ1) is 14.8. The second kappa shape index (κ2) is 6.23. The van der Waals surface area contributed by atoms with Crippen LogP contribution in [0.1, 0.15) is 38.3 Å². The van der Waals surface area contributed by atoms with Crippen molar-refractivity contribution in [3.05, 3.63) is 53.9 Å². The smallest absolute Gasteiger partial charge is 0.0534 e. The summed E-state index contributed by atoms with van der Waals surface area (Å²) in [5.74, 6) is 0. The Balaban J connectivity index is 1.89. The molecule has 2 rings (SSSR count). The molecule has 1 N–H and O–H groups in total.